The Hall–Kier alpha value is -2.19. The number of amides is 2. The average Bonchev–Trinajstić information content (AvgIpc) is 2.36. The molecule has 100 valence electrons. The molecule has 0 fully saturated rings. The number of benzene rings is 1. The van der Waals surface area contributed by atoms with E-state index in [-0.39, 0.29) is 16.3 Å². The predicted octanol–water partition coefficient (Wildman–Crippen LogP) is 2.57. The maximum absolute atomic E-state index is 11.5. The Labute approximate surface area is 116 Å². The minimum atomic E-state index is -1.16. The number of aromatic carboxylic acids is 1. The Balaban J connectivity index is 2.64. The number of rotatable bonds is 5. The number of unbranched alkanes of at least 4 members (excludes halogenated alkanes) is 1. The van der Waals surface area contributed by atoms with Crippen molar-refractivity contribution >= 4 is 29.3 Å². The van der Waals surface area contributed by atoms with Gasteiger partial charge < -0.3 is 15.7 Å². The van der Waals surface area contributed by atoms with Crippen LogP contribution in [0.5, 0.6) is 0 Å². The molecule has 0 aliphatic carbocycles. The van der Waals surface area contributed by atoms with E-state index in [0.29, 0.717) is 19.4 Å². The molecule has 0 saturated heterocycles. The highest BCUT2D eigenvalue weighted by Crippen LogP contribution is 2.20. The van der Waals surface area contributed by atoms with Crippen LogP contribution in [0, 0.1) is 12.3 Å². The van der Waals surface area contributed by atoms with Gasteiger partial charge in [0.25, 0.3) is 0 Å². The lowest BCUT2D eigenvalue weighted by Gasteiger charge is -2.09. The standard InChI is InChI=1S/C13H13ClN2O3/c1-2-3-4-7-15-13(19)16-11-6-5-9(14)8-10(11)12(17)18/h1,5-6,8H,3-4,7H2,(H,17,18)(H2,15,16,19). The molecular formula is C13H13ClN2O3. The molecule has 2 amide bonds. The van der Waals surface area contributed by atoms with Crippen molar-refractivity contribution < 1.29 is 14.7 Å². The Bertz CT molecular complexity index is 523. The van der Waals surface area contributed by atoms with Gasteiger partial charge in [-0.15, -0.1) is 12.3 Å². The van der Waals surface area contributed by atoms with Crippen molar-refractivity contribution in [3.05, 3.63) is 28.8 Å². The third-order valence-corrected chi connectivity index (χ3v) is 2.48. The molecule has 0 spiro atoms. The Morgan fingerprint density at radius 1 is 1.42 bits per heavy atom. The van der Waals surface area contributed by atoms with E-state index in [2.05, 4.69) is 16.6 Å². The van der Waals surface area contributed by atoms with Crippen LogP contribution in [0.25, 0.3) is 0 Å². The lowest BCUT2D eigenvalue weighted by molar-refractivity contribution is 0.0698. The van der Waals surface area contributed by atoms with Gasteiger partial charge >= 0.3 is 12.0 Å². The zero-order valence-corrected chi connectivity index (χ0v) is 10.8. The average molecular weight is 281 g/mol. The van der Waals surface area contributed by atoms with Gasteiger partial charge in [-0.3, -0.25) is 0 Å². The summed E-state index contributed by atoms with van der Waals surface area (Å²) in [6.07, 6.45) is 6.31. The fourth-order valence-electron chi connectivity index (χ4n) is 1.36. The summed E-state index contributed by atoms with van der Waals surface area (Å²) in [5.41, 5.74) is 0.123. The van der Waals surface area contributed by atoms with Gasteiger partial charge in [-0.2, -0.15) is 0 Å². The minimum absolute atomic E-state index is 0.0636. The predicted molar refractivity (Wildman–Crippen MR) is 73.5 cm³/mol. The van der Waals surface area contributed by atoms with E-state index in [9.17, 15) is 9.59 Å². The quantitative estimate of drug-likeness (QED) is 0.573. The maximum atomic E-state index is 11.5. The van der Waals surface area contributed by atoms with Gasteiger partial charge in [-0.1, -0.05) is 11.6 Å². The van der Waals surface area contributed by atoms with Gasteiger partial charge in [0.05, 0.1) is 11.3 Å². The highest BCUT2D eigenvalue weighted by atomic mass is 35.5. The Kier molecular flexibility index (Phi) is 5.71. The number of hydrogen-bond donors (Lipinski definition) is 3. The van der Waals surface area contributed by atoms with Gasteiger partial charge in [0.1, 0.15) is 0 Å². The molecule has 0 unspecified atom stereocenters. The van der Waals surface area contributed by atoms with Crippen LogP contribution in [0.1, 0.15) is 23.2 Å². The first kappa shape index (κ1) is 14.9. The molecule has 5 nitrogen and oxygen atoms in total. The van der Waals surface area contributed by atoms with Crippen LogP contribution >= 0.6 is 11.6 Å². The van der Waals surface area contributed by atoms with E-state index >= 15 is 0 Å². The molecule has 1 aromatic rings. The fourth-order valence-corrected chi connectivity index (χ4v) is 1.53. The molecule has 0 aliphatic rings. The van der Waals surface area contributed by atoms with Gasteiger partial charge in [0, 0.05) is 18.0 Å². The zero-order valence-electron chi connectivity index (χ0n) is 10.1. The SMILES string of the molecule is C#CCCCNC(=O)Nc1ccc(Cl)cc1C(=O)O. The van der Waals surface area contributed by atoms with E-state index in [1.54, 1.807) is 0 Å². The number of anilines is 1. The van der Waals surface area contributed by atoms with Gasteiger partial charge in [0.15, 0.2) is 0 Å². The number of carbonyl (C=O) groups is 2. The monoisotopic (exact) mass is 280 g/mol. The molecule has 0 radical (unpaired) electrons. The maximum Gasteiger partial charge on any atom is 0.337 e. The summed E-state index contributed by atoms with van der Waals surface area (Å²) in [5.74, 6) is 1.30. The van der Waals surface area contributed by atoms with Gasteiger partial charge in [-0.25, -0.2) is 9.59 Å². The van der Waals surface area contributed by atoms with E-state index in [1.807, 2.05) is 0 Å². The lowest BCUT2D eigenvalue weighted by atomic mass is 10.2. The van der Waals surface area contributed by atoms with Crippen LogP contribution in [0.2, 0.25) is 5.02 Å². The molecule has 0 aliphatic heterocycles. The number of urea groups is 1. The van der Waals surface area contributed by atoms with Crippen molar-refractivity contribution in [3.63, 3.8) is 0 Å². The Morgan fingerprint density at radius 3 is 2.79 bits per heavy atom. The summed E-state index contributed by atoms with van der Waals surface area (Å²) in [4.78, 5) is 22.5. The first-order valence-corrected chi connectivity index (χ1v) is 5.93. The highest BCUT2D eigenvalue weighted by molar-refractivity contribution is 6.31. The van der Waals surface area contributed by atoms with E-state index in [1.165, 1.54) is 18.2 Å². The molecule has 19 heavy (non-hydrogen) atoms. The smallest absolute Gasteiger partial charge is 0.337 e. The Morgan fingerprint density at radius 2 is 2.16 bits per heavy atom. The molecule has 1 rings (SSSR count). The van der Waals surface area contributed by atoms with E-state index in [4.69, 9.17) is 23.1 Å². The molecule has 0 bridgehead atoms. The topological polar surface area (TPSA) is 78.4 Å². The van der Waals surface area contributed by atoms with Gasteiger partial charge in [0.2, 0.25) is 0 Å². The molecule has 1 aromatic carbocycles. The second-order valence-corrected chi connectivity index (χ2v) is 4.12. The summed E-state index contributed by atoms with van der Waals surface area (Å²) in [5, 5.41) is 14.3. The minimum Gasteiger partial charge on any atom is -0.478 e. The molecule has 0 aromatic heterocycles. The van der Waals surface area contributed by atoms with Crippen molar-refractivity contribution in [1.82, 2.24) is 5.32 Å². The largest absolute Gasteiger partial charge is 0.478 e. The number of carboxylic acids is 1. The lowest BCUT2D eigenvalue weighted by Crippen LogP contribution is -2.30. The van der Waals surface area contributed by atoms with E-state index in [0.717, 1.165) is 0 Å². The second kappa shape index (κ2) is 7.29. The van der Waals surface area contributed by atoms with Crippen LogP contribution in [-0.4, -0.2) is 23.7 Å². The fraction of sp³-hybridized carbons (Fsp3) is 0.231. The van der Waals surface area contributed by atoms with Crippen molar-refractivity contribution in [2.45, 2.75) is 12.8 Å². The van der Waals surface area contributed by atoms with Gasteiger partial charge in [-0.05, 0) is 24.6 Å². The first-order valence-electron chi connectivity index (χ1n) is 5.55. The van der Waals surface area contributed by atoms with E-state index < -0.39 is 12.0 Å². The summed E-state index contributed by atoms with van der Waals surface area (Å²) in [6, 6.07) is 3.73. The van der Waals surface area contributed by atoms with Crippen LogP contribution in [0.15, 0.2) is 18.2 Å². The third-order valence-electron chi connectivity index (χ3n) is 2.24. The third kappa shape index (κ3) is 4.90. The summed E-state index contributed by atoms with van der Waals surface area (Å²) in [6.45, 7) is 0.423. The number of terminal acetylenes is 1. The number of nitrogens with one attached hydrogen (secondary N) is 2. The van der Waals surface area contributed by atoms with Crippen molar-refractivity contribution in [2.24, 2.45) is 0 Å². The molecular weight excluding hydrogens is 268 g/mol. The van der Waals surface area contributed by atoms with Crippen LogP contribution in [-0.2, 0) is 0 Å². The zero-order chi connectivity index (χ0) is 14.3. The summed E-state index contributed by atoms with van der Waals surface area (Å²) in [7, 11) is 0. The molecule has 6 heteroatoms. The molecule has 3 N–H and O–H groups in total. The van der Waals surface area contributed by atoms with Crippen LogP contribution in [0.4, 0.5) is 10.5 Å². The molecule has 0 saturated carbocycles. The number of carbonyl (C=O) groups excluding carboxylic acids is 1. The summed E-state index contributed by atoms with van der Waals surface area (Å²) < 4.78 is 0. The van der Waals surface area contributed by atoms with Crippen molar-refractivity contribution in [2.75, 3.05) is 11.9 Å². The van der Waals surface area contributed by atoms with Crippen molar-refractivity contribution in [1.29, 1.82) is 0 Å². The normalized spacial score (nSPS) is 9.47. The van der Waals surface area contributed by atoms with Crippen LogP contribution < -0.4 is 10.6 Å². The first-order chi connectivity index (χ1) is 9.04. The summed E-state index contributed by atoms with van der Waals surface area (Å²) >= 11 is 5.71. The molecule has 0 atom stereocenters. The van der Waals surface area contributed by atoms with Crippen molar-refractivity contribution in [3.8, 4) is 12.3 Å². The van der Waals surface area contributed by atoms with Crippen LogP contribution in [0.3, 0.4) is 0 Å². The number of halogens is 1. The second-order valence-electron chi connectivity index (χ2n) is 3.68. The number of carboxylic acid groups (broad SMARTS) is 1. The number of hydrogen-bond acceptors (Lipinski definition) is 2. The molecule has 0 heterocycles. The highest BCUT2D eigenvalue weighted by Gasteiger charge is 2.12.